The Morgan fingerprint density at radius 3 is 2.07 bits per heavy atom. The van der Waals surface area contributed by atoms with Crippen LogP contribution >= 0.6 is 23.2 Å². The Labute approximate surface area is 167 Å². The van der Waals surface area contributed by atoms with Crippen LogP contribution in [-0.4, -0.2) is 43.8 Å². The van der Waals surface area contributed by atoms with Crippen LogP contribution in [0.25, 0.3) is 0 Å². The van der Waals surface area contributed by atoms with Gasteiger partial charge in [-0.25, -0.2) is 12.8 Å². The van der Waals surface area contributed by atoms with Crippen LogP contribution in [-0.2, 0) is 10.0 Å². The molecule has 1 aliphatic rings. The molecule has 27 heavy (non-hydrogen) atoms. The molecule has 0 bridgehead atoms. The number of sulfonamides is 1. The molecule has 0 amide bonds. The first-order valence-corrected chi connectivity index (χ1v) is 10.4. The second-order valence-corrected chi connectivity index (χ2v) is 8.76. The maximum Gasteiger partial charge on any atom is 0.246 e. The summed E-state index contributed by atoms with van der Waals surface area (Å²) in [4.78, 5) is 1.77. The normalized spacial score (nSPS) is 17.4. The molecule has 0 spiro atoms. The Hall–Kier alpha value is -1.69. The van der Waals surface area contributed by atoms with Crippen molar-refractivity contribution in [2.45, 2.75) is 10.9 Å². The zero-order chi connectivity index (χ0) is 19.6. The van der Waals surface area contributed by atoms with Crippen LogP contribution in [0.5, 0.6) is 0 Å². The number of nitriles is 1. The predicted molar refractivity (Wildman–Crippen MR) is 102 cm³/mol. The van der Waals surface area contributed by atoms with Crippen LogP contribution in [0.15, 0.2) is 47.4 Å². The smallest absolute Gasteiger partial charge is 0.246 e. The molecule has 1 atom stereocenters. The average Bonchev–Trinajstić information content (AvgIpc) is 2.64. The molecule has 9 heteroatoms. The van der Waals surface area contributed by atoms with E-state index in [1.165, 1.54) is 28.6 Å². The Morgan fingerprint density at radius 2 is 1.56 bits per heavy atom. The van der Waals surface area contributed by atoms with Crippen molar-refractivity contribution < 1.29 is 12.8 Å². The monoisotopic (exact) mass is 427 g/mol. The molecular formula is C18H16Cl2FN3O2S. The Bertz CT molecular complexity index is 949. The molecule has 2 aromatic rings. The van der Waals surface area contributed by atoms with E-state index in [1.807, 2.05) is 4.90 Å². The first-order chi connectivity index (χ1) is 12.8. The largest absolute Gasteiger partial charge is 0.282 e. The van der Waals surface area contributed by atoms with Crippen molar-refractivity contribution in [3.8, 4) is 6.07 Å². The number of benzene rings is 2. The van der Waals surface area contributed by atoms with Crippen molar-refractivity contribution in [3.63, 3.8) is 0 Å². The van der Waals surface area contributed by atoms with Crippen molar-refractivity contribution in [2.24, 2.45) is 0 Å². The molecule has 3 rings (SSSR count). The van der Waals surface area contributed by atoms with E-state index in [1.54, 1.807) is 18.2 Å². The van der Waals surface area contributed by atoms with Gasteiger partial charge in [-0.3, -0.25) is 4.90 Å². The molecule has 0 radical (unpaired) electrons. The van der Waals surface area contributed by atoms with Gasteiger partial charge in [0.25, 0.3) is 0 Å². The van der Waals surface area contributed by atoms with E-state index in [4.69, 9.17) is 23.2 Å². The maximum absolute atomic E-state index is 13.1. The van der Waals surface area contributed by atoms with Crippen molar-refractivity contribution >= 4 is 33.2 Å². The lowest BCUT2D eigenvalue weighted by molar-refractivity contribution is 0.162. The molecular weight excluding hydrogens is 412 g/mol. The first-order valence-electron chi connectivity index (χ1n) is 8.18. The van der Waals surface area contributed by atoms with Crippen molar-refractivity contribution in [1.29, 1.82) is 5.26 Å². The van der Waals surface area contributed by atoms with Gasteiger partial charge in [0.2, 0.25) is 10.0 Å². The molecule has 2 aromatic carbocycles. The van der Waals surface area contributed by atoms with E-state index in [9.17, 15) is 18.1 Å². The second kappa shape index (κ2) is 8.13. The summed E-state index contributed by atoms with van der Waals surface area (Å²) in [6.07, 6.45) is 0. The van der Waals surface area contributed by atoms with Gasteiger partial charge in [-0.1, -0.05) is 41.4 Å². The number of hydrogen-bond donors (Lipinski definition) is 0. The highest BCUT2D eigenvalue weighted by Crippen LogP contribution is 2.32. The first kappa shape index (κ1) is 20.1. The highest BCUT2D eigenvalue weighted by molar-refractivity contribution is 7.89. The van der Waals surface area contributed by atoms with E-state index in [2.05, 4.69) is 6.07 Å². The summed E-state index contributed by atoms with van der Waals surface area (Å²) in [5.41, 5.74) is 0.671. The van der Waals surface area contributed by atoms with Crippen LogP contribution in [0, 0.1) is 17.1 Å². The minimum Gasteiger partial charge on any atom is -0.282 e. The summed E-state index contributed by atoms with van der Waals surface area (Å²) >= 11 is 12.1. The van der Waals surface area contributed by atoms with E-state index >= 15 is 0 Å². The van der Waals surface area contributed by atoms with Crippen molar-refractivity contribution in [3.05, 3.63) is 63.9 Å². The molecule has 1 fully saturated rings. The van der Waals surface area contributed by atoms with Crippen LogP contribution in [0.4, 0.5) is 4.39 Å². The van der Waals surface area contributed by atoms with Crippen LogP contribution in [0.2, 0.25) is 10.0 Å². The summed E-state index contributed by atoms with van der Waals surface area (Å²) in [5.74, 6) is -0.372. The third-order valence-electron chi connectivity index (χ3n) is 4.46. The number of hydrogen-bond acceptors (Lipinski definition) is 4. The molecule has 0 aliphatic carbocycles. The Kier molecular flexibility index (Phi) is 6.04. The van der Waals surface area contributed by atoms with Gasteiger partial charge in [0, 0.05) is 26.2 Å². The molecule has 0 saturated carbocycles. The SMILES string of the molecule is N#C[C@H](c1ccc(F)cc1)N1CCN(S(=O)(=O)c2c(Cl)cccc2Cl)CC1. The summed E-state index contributed by atoms with van der Waals surface area (Å²) < 4.78 is 40.3. The van der Waals surface area contributed by atoms with E-state index in [0.717, 1.165) is 0 Å². The van der Waals surface area contributed by atoms with E-state index in [0.29, 0.717) is 18.7 Å². The summed E-state index contributed by atoms with van der Waals surface area (Å²) in [7, 11) is -3.84. The zero-order valence-corrected chi connectivity index (χ0v) is 16.5. The number of halogens is 3. The standard InChI is InChI=1S/C18H16Cl2FN3O2S/c19-15-2-1-3-16(20)18(15)27(25,26)24-10-8-23(9-11-24)17(12-22)13-4-6-14(21)7-5-13/h1-7,17H,8-11H2/t17-/m1/s1. The topological polar surface area (TPSA) is 64.4 Å². The van der Waals surface area contributed by atoms with Gasteiger partial charge < -0.3 is 0 Å². The minimum atomic E-state index is -3.84. The van der Waals surface area contributed by atoms with Gasteiger partial charge in [0.1, 0.15) is 16.8 Å². The molecule has 5 nitrogen and oxygen atoms in total. The summed E-state index contributed by atoms with van der Waals surface area (Å²) in [5, 5.41) is 9.68. The lowest BCUT2D eigenvalue weighted by atomic mass is 10.1. The molecule has 1 heterocycles. The van der Waals surface area contributed by atoms with Gasteiger partial charge >= 0.3 is 0 Å². The third-order valence-corrected chi connectivity index (χ3v) is 7.32. The fourth-order valence-corrected chi connectivity index (χ4v) is 5.59. The third kappa shape index (κ3) is 4.10. The second-order valence-electron chi connectivity index (χ2n) is 6.07. The van der Waals surface area contributed by atoms with Gasteiger partial charge in [-0.2, -0.15) is 9.57 Å². The van der Waals surface area contributed by atoms with Crippen LogP contribution in [0.1, 0.15) is 11.6 Å². The van der Waals surface area contributed by atoms with Crippen LogP contribution in [0.3, 0.4) is 0 Å². The van der Waals surface area contributed by atoms with Gasteiger partial charge in [-0.05, 0) is 29.8 Å². The lowest BCUT2D eigenvalue weighted by Crippen LogP contribution is -2.49. The van der Waals surface area contributed by atoms with Crippen molar-refractivity contribution in [2.75, 3.05) is 26.2 Å². The number of piperazine rings is 1. The summed E-state index contributed by atoms with van der Waals surface area (Å²) in [6, 6.07) is 11.9. The van der Waals surface area contributed by atoms with E-state index in [-0.39, 0.29) is 33.8 Å². The highest BCUT2D eigenvalue weighted by Gasteiger charge is 2.33. The van der Waals surface area contributed by atoms with Gasteiger partial charge in [0.05, 0.1) is 16.1 Å². The molecule has 0 N–H and O–H groups in total. The zero-order valence-electron chi connectivity index (χ0n) is 14.1. The summed E-state index contributed by atoms with van der Waals surface area (Å²) in [6.45, 7) is 1.11. The molecule has 1 aliphatic heterocycles. The molecule has 0 aromatic heterocycles. The van der Waals surface area contributed by atoms with Gasteiger partial charge in [-0.15, -0.1) is 0 Å². The number of nitrogens with zero attached hydrogens (tertiary/aromatic N) is 3. The van der Waals surface area contributed by atoms with Gasteiger partial charge in [0.15, 0.2) is 0 Å². The Balaban J connectivity index is 1.76. The Morgan fingerprint density at radius 1 is 1.00 bits per heavy atom. The minimum absolute atomic E-state index is 0.0751. The lowest BCUT2D eigenvalue weighted by Gasteiger charge is -2.36. The maximum atomic E-state index is 13.1. The molecule has 142 valence electrons. The average molecular weight is 428 g/mol. The van der Waals surface area contributed by atoms with Crippen LogP contribution < -0.4 is 0 Å². The predicted octanol–water partition coefficient (Wildman–Crippen LogP) is 3.70. The van der Waals surface area contributed by atoms with E-state index < -0.39 is 16.1 Å². The molecule has 1 saturated heterocycles. The molecule has 0 unspecified atom stereocenters. The fourth-order valence-electron chi connectivity index (χ4n) is 3.07. The fraction of sp³-hybridized carbons (Fsp3) is 0.278. The number of rotatable bonds is 4. The highest BCUT2D eigenvalue weighted by atomic mass is 35.5. The quantitative estimate of drug-likeness (QED) is 0.745. The van der Waals surface area contributed by atoms with Crippen molar-refractivity contribution in [1.82, 2.24) is 9.21 Å².